The van der Waals surface area contributed by atoms with Gasteiger partial charge in [0.1, 0.15) is 0 Å². The first-order valence-corrected chi connectivity index (χ1v) is 7.52. The van der Waals surface area contributed by atoms with Crippen LogP contribution in [0.2, 0.25) is 0 Å². The highest BCUT2D eigenvalue weighted by atomic mass is 79.9. The predicted octanol–water partition coefficient (Wildman–Crippen LogP) is 3.55. The maximum Gasteiger partial charge on any atom is 0.224 e. The molecule has 0 saturated carbocycles. The van der Waals surface area contributed by atoms with Crippen LogP contribution in [0.4, 0.5) is 0 Å². The Bertz CT molecular complexity index is 362. The summed E-state index contributed by atoms with van der Waals surface area (Å²) in [4.78, 5) is 11.8. The Morgan fingerprint density at radius 2 is 1.94 bits per heavy atom. The monoisotopic (exact) mass is 311 g/mol. The average molecular weight is 312 g/mol. The number of carbonyl (C=O) groups excluding carboxylic acids is 1. The van der Waals surface area contributed by atoms with Gasteiger partial charge in [0.15, 0.2) is 0 Å². The van der Waals surface area contributed by atoms with E-state index in [0.29, 0.717) is 6.42 Å². The average Bonchev–Trinajstić information content (AvgIpc) is 2.36. The molecule has 1 rings (SSSR count). The van der Waals surface area contributed by atoms with E-state index < -0.39 is 0 Å². The molecule has 0 aliphatic carbocycles. The summed E-state index contributed by atoms with van der Waals surface area (Å²) < 4.78 is 0. The van der Waals surface area contributed by atoms with Gasteiger partial charge in [0, 0.05) is 11.9 Å². The van der Waals surface area contributed by atoms with Crippen molar-refractivity contribution >= 4 is 21.8 Å². The standard InChI is InChI=1S/C15H22BrNO/c1-15(2,9-6-10-16)12-17-14(18)11-13-7-4-3-5-8-13/h3-5,7-8H,6,9-12H2,1-2H3,(H,17,18). The number of halogens is 1. The van der Waals surface area contributed by atoms with Gasteiger partial charge in [0.05, 0.1) is 6.42 Å². The van der Waals surface area contributed by atoms with Gasteiger partial charge in [-0.3, -0.25) is 4.79 Å². The van der Waals surface area contributed by atoms with E-state index in [1.54, 1.807) is 0 Å². The number of rotatable bonds is 7. The Kier molecular flexibility index (Phi) is 6.41. The fourth-order valence-corrected chi connectivity index (χ4v) is 2.10. The van der Waals surface area contributed by atoms with E-state index >= 15 is 0 Å². The summed E-state index contributed by atoms with van der Waals surface area (Å²) in [6, 6.07) is 9.85. The summed E-state index contributed by atoms with van der Waals surface area (Å²) in [5, 5.41) is 4.05. The van der Waals surface area contributed by atoms with Crippen molar-refractivity contribution in [2.75, 3.05) is 11.9 Å². The van der Waals surface area contributed by atoms with Gasteiger partial charge in [-0.25, -0.2) is 0 Å². The molecule has 1 aromatic rings. The molecule has 1 aromatic carbocycles. The molecule has 2 nitrogen and oxygen atoms in total. The first-order valence-electron chi connectivity index (χ1n) is 6.40. The molecule has 0 saturated heterocycles. The first kappa shape index (κ1) is 15.2. The molecule has 0 radical (unpaired) electrons. The van der Waals surface area contributed by atoms with Gasteiger partial charge in [-0.15, -0.1) is 0 Å². The molecule has 0 aromatic heterocycles. The molecular formula is C15H22BrNO. The van der Waals surface area contributed by atoms with E-state index in [1.807, 2.05) is 30.3 Å². The molecule has 0 bridgehead atoms. The van der Waals surface area contributed by atoms with Gasteiger partial charge in [0.2, 0.25) is 5.91 Å². The molecule has 18 heavy (non-hydrogen) atoms. The summed E-state index contributed by atoms with van der Waals surface area (Å²) in [5.41, 5.74) is 1.23. The van der Waals surface area contributed by atoms with Crippen molar-refractivity contribution in [3.63, 3.8) is 0 Å². The summed E-state index contributed by atoms with van der Waals surface area (Å²) in [6.45, 7) is 5.13. The van der Waals surface area contributed by atoms with Crippen LogP contribution < -0.4 is 5.32 Å². The van der Waals surface area contributed by atoms with Crippen LogP contribution in [0.1, 0.15) is 32.3 Å². The van der Waals surface area contributed by atoms with E-state index in [2.05, 4.69) is 35.1 Å². The van der Waals surface area contributed by atoms with Crippen LogP contribution in [0.25, 0.3) is 0 Å². The lowest BCUT2D eigenvalue weighted by Gasteiger charge is -2.24. The van der Waals surface area contributed by atoms with E-state index in [4.69, 9.17) is 0 Å². The lowest BCUT2D eigenvalue weighted by molar-refractivity contribution is -0.120. The van der Waals surface area contributed by atoms with Gasteiger partial charge in [-0.1, -0.05) is 60.1 Å². The van der Waals surface area contributed by atoms with Crippen LogP contribution in [0.3, 0.4) is 0 Å². The van der Waals surface area contributed by atoms with Crippen molar-refractivity contribution in [3.8, 4) is 0 Å². The fraction of sp³-hybridized carbons (Fsp3) is 0.533. The Hall–Kier alpha value is -0.830. The van der Waals surface area contributed by atoms with E-state index in [1.165, 1.54) is 0 Å². The second-order valence-electron chi connectivity index (χ2n) is 5.40. The van der Waals surface area contributed by atoms with Gasteiger partial charge in [-0.2, -0.15) is 0 Å². The number of benzene rings is 1. The maximum atomic E-state index is 11.8. The van der Waals surface area contributed by atoms with Crippen LogP contribution in [-0.2, 0) is 11.2 Å². The minimum Gasteiger partial charge on any atom is -0.355 e. The normalized spacial score (nSPS) is 11.3. The highest BCUT2D eigenvalue weighted by Gasteiger charge is 2.18. The van der Waals surface area contributed by atoms with Crippen molar-refractivity contribution < 1.29 is 4.79 Å². The third-order valence-corrected chi connectivity index (χ3v) is 3.52. The zero-order valence-corrected chi connectivity index (χ0v) is 12.8. The summed E-state index contributed by atoms with van der Waals surface area (Å²) in [7, 11) is 0. The third-order valence-electron chi connectivity index (χ3n) is 2.96. The predicted molar refractivity (Wildman–Crippen MR) is 80.0 cm³/mol. The van der Waals surface area contributed by atoms with Crippen molar-refractivity contribution in [2.24, 2.45) is 5.41 Å². The minimum atomic E-state index is 0.105. The van der Waals surface area contributed by atoms with Crippen molar-refractivity contribution in [3.05, 3.63) is 35.9 Å². The van der Waals surface area contributed by atoms with Crippen LogP contribution in [-0.4, -0.2) is 17.8 Å². The number of nitrogens with one attached hydrogen (secondary N) is 1. The van der Waals surface area contributed by atoms with E-state index in [9.17, 15) is 4.79 Å². The molecule has 0 fully saturated rings. The molecule has 0 aliphatic heterocycles. The highest BCUT2D eigenvalue weighted by Crippen LogP contribution is 2.21. The van der Waals surface area contributed by atoms with Gasteiger partial charge in [-0.05, 0) is 23.8 Å². The molecule has 1 N–H and O–H groups in total. The Morgan fingerprint density at radius 3 is 2.56 bits per heavy atom. The molecule has 0 atom stereocenters. The smallest absolute Gasteiger partial charge is 0.224 e. The van der Waals surface area contributed by atoms with Crippen molar-refractivity contribution in [1.82, 2.24) is 5.32 Å². The van der Waals surface area contributed by atoms with Crippen LogP contribution in [0.5, 0.6) is 0 Å². The van der Waals surface area contributed by atoms with Crippen LogP contribution in [0, 0.1) is 5.41 Å². The SMILES string of the molecule is CC(C)(CCCBr)CNC(=O)Cc1ccccc1. The Morgan fingerprint density at radius 1 is 1.28 bits per heavy atom. The van der Waals surface area contributed by atoms with E-state index in [0.717, 1.165) is 30.3 Å². The number of hydrogen-bond donors (Lipinski definition) is 1. The molecular weight excluding hydrogens is 290 g/mol. The maximum absolute atomic E-state index is 11.8. The number of carbonyl (C=O) groups is 1. The van der Waals surface area contributed by atoms with Crippen molar-refractivity contribution in [2.45, 2.75) is 33.1 Å². The molecule has 0 heterocycles. The second kappa shape index (κ2) is 7.57. The molecule has 3 heteroatoms. The fourth-order valence-electron chi connectivity index (χ4n) is 1.82. The number of amides is 1. The molecule has 0 spiro atoms. The zero-order chi connectivity index (χ0) is 13.4. The third kappa shape index (κ3) is 6.20. The van der Waals surface area contributed by atoms with Crippen LogP contribution in [0.15, 0.2) is 30.3 Å². The van der Waals surface area contributed by atoms with Gasteiger partial charge >= 0.3 is 0 Å². The molecule has 100 valence electrons. The number of alkyl halides is 1. The lowest BCUT2D eigenvalue weighted by atomic mass is 9.88. The molecule has 0 unspecified atom stereocenters. The second-order valence-corrected chi connectivity index (χ2v) is 6.19. The van der Waals surface area contributed by atoms with Gasteiger partial charge in [0.25, 0.3) is 0 Å². The number of hydrogen-bond acceptors (Lipinski definition) is 1. The largest absolute Gasteiger partial charge is 0.355 e. The lowest BCUT2D eigenvalue weighted by Crippen LogP contribution is -2.34. The molecule has 0 aliphatic rings. The summed E-state index contributed by atoms with van der Waals surface area (Å²) in [5.74, 6) is 0.105. The zero-order valence-electron chi connectivity index (χ0n) is 11.2. The van der Waals surface area contributed by atoms with Gasteiger partial charge < -0.3 is 5.32 Å². The topological polar surface area (TPSA) is 29.1 Å². The van der Waals surface area contributed by atoms with Crippen molar-refractivity contribution in [1.29, 1.82) is 0 Å². The summed E-state index contributed by atoms with van der Waals surface area (Å²) in [6.07, 6.45) is 2.72. The molecule has 1 amide bonds. The van der Waals surface area contributed by atoms with Crippen LogP contribution >= 0.6 is 15.9 Å². The Labute approximate surface area is 118 Å². The quantitative estimate of drug-likeness (QED) is 0.767. The highest BCUT2D eigenvalue weighted by molar-refractivity contribution is 9.09. The Balaban J connectivity index is 2.33. The van der Waals surface area contributed by atoms with E-state index in [-0.39, 0.29) is 11.3 Å². The first-order chi connectivity index (χ1) is 8.53. The minimum absolute atomic E-state index is 0.105. The summed E-state index contributed by atoms with van der Waals surface area (Å²) >= 11 is 3.44.